The highest BCUT2D eigenvalue weighted by Crippen LogP contribution is 2.47. The summed E-state index contributed by atoms with van der Waals surface area (Å²) in [6.07, 6.45) is -1.87. The maximum Gasteiger partial charge on any atom is 0.330 e. The minimum absolute atomic E-state index is 0.416. The van der Waals surface area contributed by atoms with E-state index in [0.29, 0.717) is 0 Å². The van der Waals surface area contributed by atoms with Crippen molar-refractivity contribution in [3.05, 3.63) is 33.1 Å². The quantitative estimate of drug-likeness (QED) is 0.569. The second kappa shape index (κ2) is 4.01. The average Bonchev–Trinajstić information content (AvgIpc) is 2.77. The summed E-state index contributed by atoms with van der Waals surface area (Å²) in [6, 6.07) is 1.18. The predicted octanol–water partition coefficient (Wildman–Crippen LogP) is -2.06. The number of aliphatic hydroxyl groups excluding tert-OH is 2. The maximum atomic E-state index is 11.7. The van der Waals surface area contributed by atoms with Gasteiger partial charge in [0.1, 0.15) is 17.8 Å². The van der Waals surface area contributed by atoms with Gasteiger partial charge >= 0.3 is 5.69 Å². The summed E-state index contributed by atoms with van der Waals surface area (Å²) in [7, 11) is 0. The van der Waals surface area contributed by atoms with Crippen molar-refractivity contribution in [3.8, 4) is 0 Å². The molecule has 19 heavy (non-hydrogen) atoms. The summed E-state index contributed by atoms with van der Waals surface area (Å²) < 4.78 is 12.3. The lowest BCUT2D eigenvalue weighted by Crippen LogP contribution is -2.49. The number of ether oxygens (including phenoxy) is 2. The van der Waals surface area contributed by atoms with Crippen LogP contribution in [0, 0.1) is 0 Å². The molecule has 8 nitrogen and oxygen atoms in total. The summed E-state index contributed by atoms with van der Waals surface area (Å²) >= 11 is 0. The number of H-pyrrole nitrogens is 1. The van der Waals surface area contributed by atoms with Crippen molar-refractivity contribution in [3.63, 3.8) is 0 Å². The molecule has 3 N–H and O–H groups in total. The molecule has 1 unspecified atom stereocenters. The summed E-state index contributed by atoms with van der Waals surface area (Å²) in [5.41, 5.74) is -2.40. The first kappa shape index (κ1) is 12.5. The number of nitrogens with one attached hydrogen (secondary N) is 1. The SMILES string of the molecule is CC1O[C@@H]2[C@H](n3ccc(=O)[nH]c3=O)O[C@@]1(CO)[C@@H]2O. The van der Waals surface area contributed by atoms with E-state index in [4.69, 9.17) is 9.47 Å². The second-order valence-corrected chi connectivity index (χ2v) is 4.83. The number of hydrogen-bond acceptors (Lipinski definition) is 6. The molecule has 0 amide bonds. The normalized spacial score (nSPS) is 40.8. The first-order chi connectivity index (χ1) is 8.99. The monoisotopic (exact) mass is 270 g/mol. The highest BCUT2D eigenvalue weighted by atomic mass is 16.7. The van der Waals surface area contributed by atoms with Crippen LogP contribution in [0.5, 0.6) is 0 Å². The van der Waals surface area contributed by atoms with Crippen molar-refractivity contribution in [1.29, 1.82) is 0 Å². The van der Waals surface area contributed by atoms with Crippen molar-refractivity contribution in [1.82, 2.24) is 9.55 Å². The Balaban J connectivity index is 2.02. The zero-order chi connectivity index (χ0) is 13.8. The van der Waals surface area contributed by atoms with Gasteiger partial charge in [-0.15, -0.1) is 0 Å². The van der Waals surface area contributed by atoms with Gasteiger partial charge in [0, 0.05) is 12.3 Å². The van der Waals surface area contributed by atoms with Gasteiger partial charge in [-0.2, -0.15) is 0 Å². The van der Waals surface area contributed by atoms with Gasteiger partial charge in [-0.05, 0) is 6.92 Å². The smallest absolute Gasteiger partial charge is 0.330 e. The van der Waals surface area contributed by atoms with Crippen LogP contribution in [0.25, 0.3) is 0 Å². The molecule has 8 heteroatoms. The van der Waals surface area contributed by atoms with Gasteiger partial charge in [-0.25, -0.2) is 4.79 Å². The molecule has 2 aliphatic heterocycles. The van der Waals surface area contributed by atoms with Crippen LogP contribution in [-0.4, -0.2) is 50.3 Å². The Morgan fingerprint density at radius 3 is 2.84 bits per heavy atom. The number of rotatable bonds is 2. The molecule has 2 fully saturated rings. The van der Waals surface area contributed by atoms with Crippen LogP contribution in [0.15, 0.2) is 21.9 Å². The molecule has 5 atom stereocenters. The van der Waals surface area contributed by atoms with E-state index < -0.39 is 48.0 Å². The van der Waals surface area contributed by atoms with Gasteiger partial charge in [0.25, 0.3) is 5.56 Å². The molecule has 2 aliphatic rings. The summed E-state index contributed by atoms with van der Waals surface area (Å²) in [6.45, 7) is 1.27. The number of fused-ring (bicyclic) bond motifs is 2. The molecule has 1 aromatic rings. The lowest BCUT2D eigenvalue weighted by atomic mass is 9.95. The molecule has 0 spiro atoms. The third kappa shape index (κ3) is 1.54. The van der Waals surface area contributed by atoms with Crippen LogP contribution in [0.2, 0.25) is 0 Å². The summed E-state index contributed by atoms with van der Waals surface area (Å²) in [5.74, 6) is 0. The summed E-state index contributed by atoms with van der Waals surface area (Å²) in [4.78, 5) is 24.8. The van der Waals surface area contributed by atoms with Crippen LogP contribution in [0.3, 0.4) is 0 Å². The third-order valence-corrected chi connectivity index (χ3v) is 3.85. The molecule has 2 saturated heterocycles. The van der Waals surface area contributed by atoms with E-state index in [1.807, 2.05) is 0 Å². The van der Waals surface area contributed by atoms with Crippen LogP contribution < -0.4 is 11.2 Å². The topological polar surface area (TPSA) is 114 Å². The Morgan fingerprint density at radius 1 is 1.53 bits per heavy atom. The molecule has 0 aromatic carbocycles. The minimum Gasteiger partial charge on any atom is -0.393 e. The molecule has 104 valence electrons. The molecule has 2 bridgehead atoms. The Morgan fingerprint density at radius 2 is 2.26 bits per heavy atom. The molecule has 0 radical (unpaired) electrons. The van der Waals surface area contributed by atoms with Crippen molar-refractivity contribution in [2.75, 3.05) is 6.61 Å². The van der Waals surface area contributed by atoms with E-state index in [2.05, 4.69) is 4.98 Å². The molecular weight excluding hydrogens is 256 g/mol. The number of nitrogens with zero attached hydrogens (tertiary/aromatic N) is 1. The van der Waals surface area contributed by atoms with Gasteiger partial charge in [0.05, 0.1) is 12.7 Å². The van der Waals surface area contributed by atoms with Crippen molar-refractivity contribution < 1.29 is 19.7 Å². The first-order valence-corrected chi connectivity index (χ1v) is 5.93. The fraction of sp³-hybridized carbons (Fsp3) is 0.636. The van der Waals surface area contributed by atoms with Gasteiger partial charge < -0.3 is 19.7 Å². The molecule has 0 saturated carbocycles. The van der Waals surface area contributed by atoms with Crippen molar-refractivity contribution in [2.24, 2.45) is 0 Å². The molecule has 3 heterocycles. The van der Waals surface area contributed by atoms with E-state index in [1.54, 1.807) is 6.92 Å². The van der Waals surface area contributed by atoms with Crippen molar-refractivity contribution in [2.45, 2.75) is 37.1 Å². The standard InChI is InChI=1S/C11H14N2O6/c1-5-11(4-14)8(16)7(18-5)9(19-11)13-3-2-6(15)12-10(13)17/h2-3,5,7-9,14,16H,4H2,1H3,(H,12,15,17)/t5?,7-,8+,9+,11+/m0/s1. The average molecular weight is 270 g/mol. The zero-order valence-electron chi connectivity index (χ0n) is 10.1. The van der Waals surface area contributed by atoms with Gasteiger partial charge in [0.15, 0.2) is 6.23 Å². The largest absolute Gasteiger partial charge is 0.393 e. The Labute approximate surface area is 107 Å². The van der Waals surface area contributed by atoms with E-state index in [0.717, 1.165) is 4.57 Å². The molecular formula is C11H14N2O6. The Hall–Kier alpha value is -1.48. The molecule has 1 aromatic heterocycles. The van der Waals surface area contributed by atoms with Crippen molar-refractivity contribution >= 4 is 0 Å². The van der Waals surface area contributed by atoms with Crippen LogP contribution in [-0.2, 0) is 9.47 Å². The van der Waals surface area contributed by atoms with Crippen LogP contribution >= 0.6 is 0 Å². The first-order valence-electron chi connectivity index (χ1n) is 5.93. The number of hydrogen-bond donors (Lipinski definition) is 3. The van der Waals surface area contributed by atoms with Gasteiger partial charge in [-0.1, -0.05) is 0 Å². The highest BCUT2D eigenvalue weighted by Gasteiger charge is 2.65. The molecule has 3 rings (SSSR count). The fourth-order valence-electron chi connectivity index (χ4n) is 2.73. The minimum atomic E-state index is -1.23. The lowest BCUT2D eigenvalue weighted by molar-refractivity contribution is -0.218. The Kier molecular flexibility index (Phi) is 2.65. The van der Waals surface area contributed by atoms with Gasteiger partial charge in [-0.3, -0.25) is 14.3 Å². The maximum absolute atomic E-state index is 11.7. The lowest BCUT2D eigenvalue weighted by Gasteiger charge is -2.34. The van der Waals surface area contributed by atoms with Gasteiger partial charge in [0.2, 0.25) is 0 Å². The predicted molar refractivity (Wildman–Crippen MR) is 61.6 cm³/mol. The van der Waals surface area contributed by atoms with Crippen LogP contribution in [0.4, 0.5) is 0 Å². The van der Waals surface area contributed by atoms with E-state index >= 15 is 0 Å². The zero-order valence-corrected chi connectivity index (χ0v) is 10.1. The third-order valence-electron chi connectivity index (χ3n) is 3.85. The summed E-state index contributed by atoms with van der Waals surface area (Å²) in [5, 5.41) is 19.6. The number of aromatic amines is 1. The highest BCUT2D eigenvalue weighted by molar-refractivity contribution is 5.11. The fourth-order valence-corrected chi connectivity index (χ4v) is 2.73. The van der Waals surface area contributed by atoms with Crippen LogP contribution in [0.1, 0.15) is 13.2 Å². The van der Waals surface area contributed by atoms with E-state index in [9.17, 15) is 19.8 Å². The van der Waals surface area contributed by atoms with E-state index in [-0.39, 0.29) is 0 Å². The molecule has 0 aliphatic carbocycles. The van der Waals surface area contributed by atoms with E-state index in [1.165, 1.54) is 12.3 Å². The second-order valence-electron chi connectivity index (χ2n) is 4.83. The Bertz CT molecular complexity index is 610. The number of aliphatic hydroxyl groups is 2. The number of aromatic nitrogens is 2.